The second kappa shape index (κ2) is 12.7. The number of likely N-dealkylation sites (N-methyl/N-ethyl adjacent to an activating group) is 1. The lowest BCUT2D eigenvalue weighted by Gasteiger charge is -2.44. The first-order chi connectivity index (χ1) is 19.2. The average molecular weight is 657 g/mol. The summed E-state index contributed by atoms with van der Waals surface area (Å²) >= 11 is 9.40. The van der Waals surface area contributed by atoms with E-state index in [2.05, 4.69) is 21.2 Å². The molecule has 2 atom stereocenters. The zero-order valence-electron chi connectivity index (χ0n) is 23.2. The molecule has 1 saturated heterocycles. The number of hydrogen-bond donors (Lipinski definition) is 1. The lowest BCUT2D eigenvalue weighted by molar-refractivity contribution is -0.139. The predicted octanol–water partition coefficient (Wildman–Crippen LogP) is 6.58. The first-order valence-corrected chi connectivity index (χ1v) is 14.9. The molecule has 2 unspecified atom stereocenters. The van der Waals surface area contributed by atoms with Crippen LogP contribution in [0.4, 0.5) is 13.2 Å². The molecule has 11 heteroatoms. The van der Waals surface area contributed by atoms with Crippen molar-refractivity contribution in [3.8, 4) is 0 Å². The number of nitrogens with one attached hydrogen (secondary N) is 1. The van der Waals surface area contributed by atoms with Gasteiger partial charge in [-0.15, -0.1) is 0 Å². The predicted molar refractivity (Wildman–Crippen MR) is 155 cm³/mol. The van der Waals surface area contributed by atoms with Crippen LogP contribution in [-0.4, -0.2) is 59.7 Å². The Morgan fingerprint density at radius 3 is 2.34 bits per heavy atom. The number of piperidine rings is 1. The van der Waals surface area contributed by atoms with Crippen LogP contribution in [0.1, 0.15) is 72.0 Å². The molecule has 4 rings (SSSR count). The van der Waals surface area contributed by atoms with Crippen LogP contribution >= 0.6 is 27.5 Å². The zero-order chi connectivity index (χ0) is 30.1. The Kier molecular flexibility index (Phi) is 9.74. The second-order valence-corrected chi connectivity index (χ2v) is 12.5. The van der Waals surface area contributed by atoms with Crippen LogP contribution in [-0.2, 0) is 15.8 Å². The van der Waals surface area contributed by atoms with E-state index >= 15 is 0 Å². The summed E-state index contributed by atoms with van der Waals surface area (Å²) in [5.41, 5.74) is 0.809. The molecule has 222 valence electrons. The number of likely N-dealkylation sites (tertiary alicyclic amines) is 1. The lowest BCUT2D eigenvalue weighted by Crippen LogP contribution is -2.53. The van der Waals surface area contributed by atoms with Crippen LogP contribution in [0.2, 0.25) is 5.02 Å². The van der Waals surface area contributed by atoms with E-state index in [1.807, 2.05) is 24.0 Å². The number of rotatable bonds is 5. The van der Waals surface area contributed by atoms with Crippen molar-refractivity contribution in [3.05, 3.63) is 68.1 Å². The smallest absolute Gasteiger partial charge is 0.354 e. The molecule has 1 heterocycles. The molecule has 0 aromatic heterocycles. The summed E-state index contributed by atoms with van der Waals surface area (Å²) in [5.74, 6) is -0.919. The normalized spacial score (nSPS) is 23.2. The number of benzene rings is 2. The highest BCUT2D eigenvalue weighted by Crippen LogP contribution is 2.36. The summed E-state index contributed by atoms with van der Waals surface area (Å²) in [4.78, 5) is 41.9. The van der Waals surface area contributed by atoms with Gasteiger partial charge >= 0.3 is 6.18 Å². The van der Waals surface area contributed by atoms with Gasteiger partial charge in [-0.1, -0.05) is 39.7 Å². The van der Waals surface area contributed by atoms with Gasteiger partial charge in [-0.2, -0.15) is 13.2 Å². The highest BCUT2D eigenvalue weighted by atomic mass is 79.9. The Labute approximate surface area is 251 Å². The number of carbonyl (C=O) groups is 3. The fraction of sp³-hybridized carbons (Fsp3) is 0.500. The summed E-state index contributed by atoms with van der Waals surface area (Å²) in [6, 6.07) is 8.58. The molecule has 1 saturated carbocycles. The van der Waals surface area contributed by atoms with E-state index < -0.39 is 17.6 Å². The van der Waals surface area contributed by atoms with Crippen LogP contribution in [0.3, 0.4) is 0 Å². The third-order valence-electron chi connectivity index (χ3n) is 8.27. The Hall–Kier alpha value is -2.59. The Morgan fingerprint density at radius 2 is 1.73 bits per heavy atom. The van der Waals surface area contributed by atoms with Crippen molar-refractivity contribution in [3.63, 3.8) is 0 Å². The molecule has 6 nitrogen and oxygen atoms in total. The van der Waals surface area contributed by atoms with Crippen molar-refractivity contribution in [2.45, 2.75) is 70.1 Å². The first-order valence-electron chi connectivity index (χ1n) is 13.7. The summed E-state index contributed by atoms with van der Waals surface area (Å²) in [7, 11) is 1.61. The molecule has 41 heavy (non-hydrogen) atoms. The summed E-state index contributed by atoms with van der Waals surface area (Å²) in [6.45, 7) is 4.19. The molecule has 2 aromatic rings. The van der Waals surface area contributed by atoms with Gasteiger partial charge in [0.25, 0.3) is 5.91 Å². The Bertz CT molecular complexity index is 1310. The molecule has 1 aliphatic carbocycles. The highest BCUT2D eigenvalue weighted by Gasteiger charge is 2.40. The molecule has 2 aliphatic rings. The topological polar surface area (TPSA) is 69.7 Å². The molecule has 0 bridgehead atoms. The number of aryl methyl sites for hydroxylation is 1. The van der Waals surface area contributed by atoms with Gasteiger partial charge in [-0.3, -0.25) is 14.4 Å². The monoisotopic (exact) mass is 655 g/mol. The standard InChI is InChI=1S/C30H34BrClF3N3O3/c1-17-12-20(6-9-26(17)32)25-16-38(29(41)19-4-7-24(8-5-19)36-18(2)39)11-10-27(25)37(3)28(40)21-13-22(30(33,34)35)15-23(31)14-21/h6,9,12-15,19,24-25,27H,4-5,7-8,10-11,16H2,1-3H3,(H,36,39). The molecule has 1 aliphatic heterocycles. The molecule has 2 fully saturated rings. The Morgan fingerprint density at radius 1 is 1.05 bits per heavy atom. The number of carbonyl (C=O) groups excluding carboxylic acids is 3. The van der Waals surface area contributed by atoms with Gasteiger partial charge in [0.2, 0.25) is 11.8 Å². The fourth-order valence-electron chi connectivity index (χ4n) is 6.09. The minimum Gasteiger partial charge on any atom is -0.354 e. The van der Waals surface area contributed by atoms with Gasteiger partial charge in [0.1, 0.15) is 0 Å². The molecular formula is C30H34BrClF3N3O3. The van der Waals surface area contributed by atoms with E-state index in [1.165, 1.54) is 17.9 Å². The van der Waals surface area contributed by atoms with Gasteiger partial charge < -0.3 is 15.1 Å². The van der Waals surface area contributed by atoms with Crippen LogP contribution in [0.25, 0.3) is 0 Å². The highest BCUT2D eigenvalue weighted by molar-refractivity contribution is 9.10. The minimum absolute atomic E-state index is 0.0605. The van der Waals surface area contributed by atoms with Crippen molar-refractivity contribution in [2.75, 3.05) is 20.1 Å². The SMILES string of the molecule is CC(=O)NC1CCC(C(=O)N2CCC(N(C)C(=O)c3cc(Br)cc(C(F)(F)F)c3)C(c3ccc(Cl)c(C)c3)C2)CC1. The van der Waals surface area contributed by atoms with E-state index in [-0.39, 0.29) is 45.8 Å². The third-order valence-corrected chi connectivity index (χ3v) is 9.15. The number of halogens is 5. The molecule has 3 amide bonds. The maximum absolute atomic E-state index is 13.6. The fourth-order valence-corrected chi connectivity index (χ4v) is 6.70. The maximum atomic E-state index is 13.6. The quantitative estimate of drug-likeness (QED) is 0.395. The van der Waals surface area contributed by atoms with Crippen LogP contribution in [0, 0.1) is 12.8 Å². The molecular weight excluding hydrogens is 623 g/mol. The van der Waals surface area contributed by atoms with E-state index in [9.17, 15) is 27.6 Å². The van der Waals surface area contributed by atoms with Crippen molar-refractivity contribution < 1.29 is 27.6 Å². The summed E-state index contributed by atoms with van der Waals surface area (Å²) in [6.07, 6.45) is -1.24. The van der Waals surface area contributed by atoms with Crippen LogP contribution in [0.5, 0.6) is 0 Å². The number of alkyl halides is 3. The second-order valence-electron chi connectivity index (χ2n) is 11.1. The van der Waals surface area contributed by atoms with E-state index in [4.69, 9.17) is 11.6 Å². The molecule has 0 spiro atoms. The van der Waals surface area contributed by atoms with Gasteiger partial charge in [0, 0.05) is 66.0 Å². The average Bonchev–Trinajstić information content (AvgIpc) is 2.92. The van der Waals surface area contributed by atoms with Crippen molar-refractivity contribution in [1.29, 1.82) is 0 Å². The van der Waals surface area contributed by atoms with Crippen LogP contribution < -0.4 is 5.32 Å². The van der Waals surface area contributed by atoms with Gasteiger partial charge in [0.05, 0.1) is 5.56 Å². The van der Waals surface area contributed by atoms with Crippen LogP contribution in [0.15, 0.2) is 40.9 Å². The molecule has 2 aromatic carbocycles. The number of nitrogens with zero attached hydrogens (tertiary/aromatic N) is 2. The van der Waals surface area contributed by atoms with E-state index in [0.717, 1.165) is 36.1 Å². The minimum atomic E-state index is -4.59. The van der Waals surface area contributed by atoms with Crippen molar-refractivity contribution >= 4 is 45.3 Å². The zero-order valence-corrected chi connectivity index (χ0v) is 25.6. The Balaban J connectivity index is 1.57. The molecule has 1 N–H and O–H groups in total. The number of hydrogen-bond acceptors (Lipinski definition) is 3. The van der Waals surface area contributed by atoms with Crippen molar-refractivity contribution in [1.82, 2.24) is 15.1 Å². The van der Waals surface area contributed by atoms with Gasteiger partial charge in [0.15, 0.2) is 0 Å². The summed E-state index contributed by atoms with van der Waals surface area (Å²) in [5, 5.41) is 3.54. The lowest BCUT2D eigenvalue weighted by atomic mass is 9.81. The van der Waals surface area contributed by atoms with E-state index in [0.29, 0.717) is 37.4 Å². The largest absolute Gasteiger partial charge is 0.416 e. The van der Waals surface area contributed by atoms with Gasteiger partial charge in [-0.25, -0.2) is 0 Å². The van der Waals surface area contributed by atoms with E-state index in [1.54, 1.807) is 13.1 Å². The van der Waals surface area contributed by atoms with Gasteiger partial charge in [-0.05, 0) is 74.4 Å². The molecule has 0 radical (unpaired) electrons. The first kappa shape index (κ1) is 31.3. The maximum Gasteiger partial charge on any atom is 0.416 e. The summed E-state index contributed by atoms with van der Waals surface area (Å²) < 4.78 is 40.5. The third kappa shape index (κ3) is 7.44. The van der Waals surface area contributed by atoms with Crippen molar-refractivity contribution in [2.24, 2.45) is 5.92 Å². The number of amides is 3.